The van der Waals surface area contributed by atoms with Crippen LogP contribution in [-0.4, -0.2) is 37.5 Å². The Labute approximate surface area is 118 Å². The van der Waals surface area contributed by atoms with Crippen molar-refractivity contribution in [2.24, 2.45) is 4.99 Å². The van der Waals surface area contributed by atoms with Gasteiger partial charge in [-0.25, -0.2) is 4.39 Å². The number of hydrogen-bond acceptors (Lipinski definition) is 3. The lowest BCUT2D eigenvalue weighted by Crippen LogP contribution is -2.42. The normalized spacial score (nSPS) is 15.6. The maximum atomic E-state index is 14.1. The third-order valence-electron chi connectivity index (χ3n) is 3.43. The Bertz CT molecular complexity index is 499. The smallest absolute Gasteiger partial charge is 0.193 e. The molecule has 0 aliphatic carbocycles. The van der Waals surface area contributed by atoms with E-state index in [4.69, 9.17) is 11.6 Å². The summed E-state index contributed by atoms with van der Waals surface area (Å²) in [6, 6.07) is 5.13. The van der Waals surface area contributed by atoms with Crippen molar-refractivity contribution in [1.29, 1.82) is 0 Å². The Kier molecular flexibility index (Phi) is 3.99. The van der Waals surface area contributed by atoms with Crippen LogP contribution < -0.4 is 5.32 Å². The summed E-state index contributed by atoms with van der Waals surface area (Å²) in [7, 11) is 1.99. The standard InChI is InChI=1S/C14H19ClFN3/c1-14(2,9-18-13-17-7-8-19(13)3)10-5-4-6-11(15)12(10)16/h4-6H,7-9H2,1-3H3,(H,17,18). The van der Waals surface area contributed by atoms with Crippen molar-refractivity contribution < 1.29 is 4.39 Å². The molecule has 19 heavy (non-hydrogen) atoms. The third kappa shape index (κ3) is 3.00. The van der Waals surface area contributed by atoms with Crippen LogP contribution in [0.25, 0.3) is 0 Å². The first-order valence-electron chi connectivity index (χ1n) is 6.36. The molecule has 0 saturated heterocycles. The molecule has 0 aromatic heterocycles. The van der Waals surface area contributed by atoms with Crippen LogP contribution >= 0.6 is 11.6 Å². The SMILES string of the molecule is CN1CCN=C1NCC(C)(C)c1cccc(Cl)c1F. The highest BCUT2D eigenvalue weighted by Crippen LogP contribution is 2.29. The van der Waals surface area contributed by atoms with Gasteiger partial charge in [-0.3, -0.25) is 4.99 Å². The lowest BCUT2D eigenvalue weighted by molar-refractivity contribution is 0.458. The second-order valence-corrected chi connectivity index (χ2v) is 5.87. The number of aliphatic imine (C=N–C) groups is 1. The average Bonchev–Trinajstić information content (AvgIpc) is 2.76. The lowest BCUT2D eigenvalue weighted by atomic mass is 9.84. The van der Waals surface area contributed by atoms with Crippen molar-refractivity contribution in [2.75, 3.05) is 26.7 Å². The molecule has 2 rings (SSSR count). The first-order chi connectivity index (χ1) is 8.92. The minimum Gasteiger partial charge on any atom is -0.355 e. The van der Waals surface area contributed by atoms with Gasteiger partial charge in [0.1, 0.15) is 5.82 Å². The van der Waals surface area contributed by atoms with E-state index < -0.39 is 0 Å². The first-order valence-corrected chi connectivity index (χ1v) is 6.73. The largest absolute Gasteiger partial charge is 0.355 e. The third-order valence-corrected chi connectivity index (χ3v) is 3.72. The molecule has 1 aromatic carbocycles. The summed E-state index contributed by atoms with van der Waals surface area (Å²) in [5.41, 5.74) is 0.259. The van der Waals surface area contributed by atoms with Crippen LogP contribution in [0.15, 0.2) is 23.2 Å². The molecule has 0 saturated carbocycles. The molecule has 104 valence electrons. The van der Waals surface area contributed by atoms with E-state index in [0.29, 0.717) is 12.1 Å². The van der Waals surface area contributed by atoms with Crippen LogP contribution in [0, 0.1) is 5.82 Å². The van der Waals surface area contributed by atoms with Gasteiger partial charge in [0.2, 0.25) is 0 Å². The van der Waals surface area contributed by atoms with Crippen LogP contribution in [0.4, 0.5) is 4.39 Å². The fourth-order valence-corrected chi connectivity index (χ4v) is 2.32. The van der Waals surface area contributed by atoms with Gasteiger partial charge in [0.05, 0.1) is 11.6 Å². The van der Waals surface area contributed by atoms with E-state index in [1.54, 1.807) is 18.2 Å². The summed E-state index contributed by atoms with van der Waals surface area (Å²) >= 11 is 5.84. The van der Waals surface area contributed by atoms with Crippen molar-refractivity contribution in [3.05, 3.63) is 34.6 Å². The number of nitrogens with zero attached hydrogens (tertiary/aromatic N) is 2. The molecule has 0 atom stereocenters. The van der Waals surface area contributed by atoms with Crippen LogP contribution in [-0.2, 0) is 5.41 Å². The van der Waals surface area contributed by atoms with Crippen LogP contribution in [0.1, 0.15) is 19.4 Å². The molecule has 0 fully saturated rings. The van der Waals surface area contributed by atoms with E-state index in [1.807, 2.05) is 20.9 Å². The van der Waals surface area contributed by atoms with E-state index in [0.717, 1.165) is 19.0 Å². The van der Waals surface area contributed by atoms with Gasteiger partial charge < -0.3 is 10.2 Å². The molecule has 1 aliphatic heterocycles. The number of guanidine groups is 1. The molecule has 1 aliphatic rings. The zero-order valence-electron chi connectivity index (χ0n) is 11.5. The van der Waals surface area contributed by atoms with E-state index in [-0.39, 0.29) is 16.3 Å². The number of halogens is 2. The number of nitrogens with one attached hydrogen (secondary N) is 1. The second kappa shape index (κ2) is 5.37. The van der Waals surface area contributed by atoms with Gasteiger partial charge in [-0.2, -0.15) is 0 Å². The van der Waals surface area contributed by atoms with Crippen LogP contribution in [0.5, 0.6) is 0 Å². The van der Waals surface area contributed by atoms with Gasteiger partial charge >= 0.3 is 0 Å². The second-order valence-electron chi connectivity index (χ2n) is 5.47. The molecular weight excluding hydrogens is 265 g/mol. The molecule has 0 unspecified atom stereocenters. The fraction of sp³-hybridized carbons (Fsp3) is 0.500. The lowest BCUT2D eigenvalue weighted by Gasteiger charge is -2.28. The number of rotatable bonds is 3. The summed E-state index contributed by atoms with van der Waals surface area (Å²) in [6.45, 7) is 6.32. The summed E-state index contributed by atoms with van der Waals surface area (Å²) in [5.74, 6) is 0.535. The molecule has 1 aromatic rings. The molecule has 1 heterocycles. The Balaban J connectivity index is 2.11. The van der Waals surface area contributed by atoms with Gasteiger partial charge in [0.15, 0.2) is 5.96 Å². The molecule has 0 radical (unpaired) electrons. The summed E-state index contributed by atoms with van der Waals surface area (Å²) in [4.78, 5) is 6.43. The number of benzene rings is 1. The van der Waals surface area contributed by atoms with Gasteiger partial charge in [-0.1, -0.05) is 37.6 Å². The Hall–Kier alpha value is -1.29. The summed E-state index contributed by atoms with van der Waals surface area (Å²) in [5, 5.41) is 3.45. The molecule has 0 spiro atoms. The van der Waals surface area contributed by atoms with Crippen molar-refractivity contribution in [3.8, 4) is 0 Å². The first kappa shape index (κ1) is 14.1. The Morgan fingerprint density at radius 3 is 2.84 bits per heavy atom. The maximum Gasteiger partial charge on any atom is 0.193 e. The van der Waals surface area contributed by atoms with Crippen molar-refractivity contribution in [2.45, 2.75) is 19.3 Å². The Morgan fingerprint density at radius 2 is 2.21 bits per heavy atom. The monoisotopic (exact) mass is 283 g/mol. The molecule has 0 amide bonds. The van der Waals surface area contributed by atoms with Crippen molar-refractivity contribution >= 4 is 17.6 Å². The van der Waals surface area contributed by atoms with Crippen LogP contribution in [0.3, 0.4) is 0 Å². The Morgan fingerprint density at radius 1 is 1.47 bits per heavy atom. The highest BCUT2D eigenvalue weighted by molar-refractivity contribution is 6.30. The molecule has 0 bridgehead atoms. The number of likely N-dealkylation sites (N-methyl/N-ethyl adjacent to an activating group) is 1. The van der Waals surface area contributed by atoms with E-state index in [2.05, 4.69) is 15.2 Å². The van der Waals surface area contributed by atoms with E-state index in [1.165, 1.54) is 0 Å². The highest BCUT2D eigenvalue weighted by atomic mass is 35.5. The average molecular weight is 284 g/mol. The molecule has 1 N–H and O–H groups in total. The minimum absolute atomic E-state index is 0.168. The topological polar surface area (TPSA) is 27.6 Å². The van der Waals surface area contributed by atoms with Crippen molar-refractivity contribution in [3.63, 3.8) is 0 Å². The van der Waals surface area contributed by atoms with Gasteiger partial charge in [0, 0.05) is 25.6 Å². The predicted molar refractivity (Wildman–Crippen MR) is 77.4 cm³/mol. The van der Waals surface area contributed by atoms with Gasteiger partial charge in [-0.05, 0) is 11.6 Å². The zero-order valence-corrected chi connectivity index (χ0v) is 12.3. The number of hydrogen-bond donors (Lipinski definition) is 1. The van der Waals surface area contributed by atoms with Crippen molar-refractivity contribution in [1.82, 2.24) is 10.2 Å². The fourth-order valence-electron chi connectivity index (χ4n) is 2.15. The minimum atomic E-state index is -0.360. The quantitative estimate of drug-likeness (QED) is 0.923. The summed E-state index contributed by atoms with van der Waals surface area (Å²) < 4.78 is 14.1. The van der Waals surface area contributed by atoms with E-state index in [9.17, 15) is 4.39 Å². The van der Waals surface area contributed by atoms with Gasteiger partial charge in [-0.15, -0.1) is 0 Å². The molecule has 5 heteroatoms. The van der Waals surface area contributed by atoms with E-state index >= 15 is 0 Å². The van der Waals surface area contributed by atoms with Crippen LogP contribution in [0.2, 0.25) is 5.02 Å². The zero-order chi connectivity index (χ0) is 14.0. The summed E-state index contributed by atoms with van der Waals surface area (Å²) in [6.07, 6.45) is 0. The highest BCUT2D eigenvalue weighted by Gasteiger charge is 2.26. The van der Waals surface area contributed by atoms with Gasteiger partial charge in [0.25, 0.3) is 0 Å². The molecular formula is C14H19ClFN3. The molecule has 3 nitrogen and oxygen atoms in total. The maximum absolute atomic E-state index is 14.1. The predicted octanol–water partition coefficient (Wildman–Crippen LogP) is 2.65.